The summed E-state index contributed by atoms with van der Waals surface area (Å²) in [5.41, 5.74) is 21.0. The van der Waals surface area contributed by atoms with Gasteiger partial charge in [-0.1, -0.05) is 71.8 Å². The number of aryl methyl sites for hydroxylation is 2. The molecule has 116 heavy (non-hydrogen) atoms. The maximum absolute atomic E-state index is 4.47. The Bertz CT molecular complexity index is 4190. The third-order valence-electron chi connectivity index (χ3n) is 28.5. The first-order valence-electron chi connectivity index (χ1n) is 45.1. The maximum Gasteiger partial charge on any atom is -0.0398 e. The molecule has 0 spiro atoms. The van der Waals surface area contributed by atoms with E-state index >= 15 is 0 Å². The number of rotatable bonds is 22. The number of hydrogen-bond donors (Lipinski definition) is 0. The summed E-state index contributed by atoms with van der Waals surface area (Å²) in [6.45, 7) is 124. The van der Waals surface area contributed by atoms with Crippen LogP contribution in [0.2, 0.25) is 275 Å². The zero-order valence-electron chi connectivity index (χ0n) is 82.8. The molecule has 0 radical (unpaired) electrons. The standard InChI is InChI=1S/C86H152Ge2Si14.2C7H8/c1-89(2,3)81(90(4,5)6)69-59-63(85(97(25,26)27,98(28,29)30)99(31,32)33)60-70(82(91(7,8)9)92(10,11)12)79(69)87-73-55-47-43-51-65(73)78(66-52-44-48-56-74(66)87)88(75-57-49-45-53-67(75)77(87)68-54-46-50-58-76(68)88)80-71(83(93(13,14)15)94(16,17)18)61-64(62-72(80)84(95(19,20)21)96(22,23)24)86(100(34,35)36,101(37,38)39)102(40,41)42;2*1-7-5-3-2-4-6-7/h43-62,77-78,81-84H,1-42H3;2*2-6H,1H3. The Morgan fingerprint density at radius 3 is 0.509 bits per heavy atom. The Hall–Kier alpha value is -2.12. The van der Waals surface area contributed by atoms with E-state index in [4.69, 9.17) is 0 Å². The summed E-state index contributed by atoms with van der Waals surface area (Å²) in [6, 6.07) is 77.4. The van der Waals surface area contributed by atoms with Crippen molar-refractivity contribution in [1.82, 2.24) is 0 Å². The quantitative estimate of drug-likeness (QED) is 0.0593. The van der Waals surface area contributed by atoms with Crippen molar-refractivity contribution in [3.8, 4) is 0 Å². The minimum absolute atomic E-state index is 0.214. The van der Waals surface area contributed by atoms with Crippen LogP contribution in [0.15, 0.2) is 182 Å². The molecular formula is C100H168Ge2Si14. The van der Waals surface area contributed by atoms with E-state index in [2.05, 4.69) is 434 Å². The predicted octanol–water partition coefficient (Wildman–Crippen LogP) is 27.4. The van der Waals surface area contributed by atoms with Gasteiger partial charge >= 0.3 is 657 Å². The zero-order chi connectivity index (χ0) is 88.1. The fourth-order valence-electron chi connectivity index (χ4n) is 30.4. The molecule has 0 amide bonds. The van der Waals surface area contributed by atoms with E-state index in [1.165, 1.54) is 11.1 Å². The van der Waals surface area contributed by atoms with Crippen LogP contribution in [-0.2, 0) is 8.57 Å². The van der Waals surface area contributed by atoms with E-state index in [9.17, 15) is 0 Å². The summed E-state index contributed by atoms with van der Waals surface area (Å²) in [6.07, 6.45) is 0. The van der Waals surface area contributed by atoms with Gasteiger partial charge in [0.25, 0.3) is 0 Å². The molecule has 0 saturated heterocycles. The Morgan fingerprint density at radius 2 is 0.371 bits per heavy atom. The molecule has 6 aliphatic rings. The molecule has 0 fully saturated rings. The first kappa shape index (κ1) is 97.7. The molecule has 0 N–H and O–H groups in total. The molecule has 0 saturated carbocycles. The van der Waals surface area contributed by atoms with Crippen LogP contribution in [0.5, 0.6) is 0 Å². The minimum atomic E-state index is -4.47. The van der Waals surface area contributed by atoms with Gasteiger partial charge in [-0.15, -0.1) is 0 Å². The van der Waals surface area contributed by atoms with Crippen molar-refractivity contribution < 1.29 is 0 Å². The fraction of sp³-hybridized carbons (Fsp3) is 0.520. The SMILES string of the molecule is C[Si](C)(C)C(c1cc(C([Si](C)(C)C)([Si](C)(C)C)[Si](C)(C)C)cc(C([Si](C)(C)C)[Si](C)(C)C)[c]1[Ge]12[c]3ccccc3[CH](c3cccc[c]31)[Ge]1([c]3c(C([Si](C)(C)C)[Si](C)(C)C)cc(C([Si](C)(C)C)([Si](C)(C)C)[Si](C)(C)C)cc3C([Si](C)(C)C)[Si](C)(C)C)[c]3ccccc3[CH]2c2cccc[c]21)[Si](C)(C)C.Cc1ccccc1.Cc1ccccc1. The Balaban J connectivity index is 0.000000990. The molecule has 0 aliphatic carbocycles. The third-order valence-corrected chi connectivity index (χ3v) is 131. The van der Waals surface area contributed by atoms with Gasteiger partial charge in [0.1, 0.15) is 0 Å². The molecule has 8 aromatic carbocycles. The fourth-order valence-corrected chi connectivity index (χ4v) is 174. The molecule has 0 unspecified atom stereocenters. The first-order chi connectivity index (χ1) is 52.3. The first-order valence-corrected chi connectivity index (χ1v) is 103. The summed E-state index contributed by atoms with van der Waals surface area (Å²) < 4.78 is 12.3. The predicted molar refractivity (Wildman–Crippen MR) is 575 cm³/mol. The third kappa shape index (κ3) is 17.1. The molecule has 0 aromatic heterocycles. The van der Waals surface area contributed by atoms with Crippen LogP contribution < -0.4 is 26.4 Å². The number of hydrogen-bond acceptors (Lipinski definition) is 0. The molecule has 632 valence electrons. The second-order valence-electron chi connectivity index (χ2n) is 51.9. The van der Waals surface area contributed by atoms with Gasteiger partial charge in [0, 0.05) is 0 Å². The van der Waals surface area contributed by atoms with E-state index in [1.807, 2.05) is 96.2 Å². The monoisotopic (exact) mass is 1910 g/mol. The van der Waals surface area contributed by atoms with Crippen molar-refractivity contribution in [3.63, 3.8) is 0 Å². The van der Waals surface area contributed by atoms with Gasteiger partial charge < -0.3 is 0 Å². The van der Waals surface area contributed by atoms with E-state index < -0.39 is 140 Å². The summed E-state index contributed by atoms with van der Waals surface area (Å²) in [4.78, 5) is 0. The minimum Gasteiger partial charge on any atom is -0.0622 e. The molecule has 6 heterocycles. The van der Waals surface area contributed by atoms with Crippen LogP contribution in [0.3, 0.4) is 0 Å². The summed E-state index contributed by atoms with van der Waals surface area (Å²) >= 11 is -8.95. The van der Waals surface area contributed by atoms with Crippen LogP contribution in [-0.4, -0.2) is 140 Å². The van der Waals surface area contributed by atoms with Crippen LogP contribution in [0, 0.1) is 13.8 Å². The van der Waals surface area contributed by atoms with Crippen molar-refractivity contribution in [2.45, 2.75) is 328 Å². The largest absolute Gasteiger partial charge is 0.0622 e. The molecule has 6 aliphatic heterocycles. The molecule has 4 bridgehead atoms. The van der Waals surface area contributed by atoms with Gasteiger partial charge in [-0.05, 0) is 13.8 Å². The second kappa shape index (κ2) is 32.7. The van der Waals surface area contributed by atoms with Crippen molar-refractivity contribution in [3.05, 3.63) is 249 Å². The average molecular weight is 1910 g/mol. The maximum atomic E-state index is 3.21. The normalized spacial score (nSPS) is 18.7. The van der Waals surface area contributed by atoms with Crippen molar-refractivity contribution in [2.75, 3.05) is 0 Å². The summed E-state index contributed by atoms with van der Waals surface area (Å²) in [5.74, 6) is 0. The Kier molecular flexibility index (Phi) is 27.5. The summed E-state index contributed by atoms with van der Waals surface area (Å²) in [7, 11) is -28.6. The molecule has 8 aromatic rings. The van der Waals surface area contributed by atoms with E-state index in [0.717, 1.165) is 0 Å². The molecule has 0 atom stereocenters. The van der Waals surface area contributed by atoms with Gasteiger partial charge in [0.15, 0.2) is 0 Å². The van der Waals surface area contributed by atoms with Gasteiger partial charge in [-0.2, -0.15) is 0 Å². The van der Waals surface area contributed by atoms with E-state index in [0.29, 0.717) is 20.7 Å². The Morgan fingerprint density at radius 1 is 0.216 bits per heavy atom. The van der Waals surface area contributed by atoms with Crippen molar-refractivity contribution >= 4 is 166 Å². The van der Waals surface area contributed by atoms with E-state index in [1.54, 1.807) is 22.3 Å². The van der Waals surface area contributed by atoms with Crippen molar-refractivity contribution in [2.24, 2.45) is 0 Å². The molecule has 14 rings (SSSR count). The number of benzene rings is 8. The van der Waals surface area contributed by atoms with E-state index in [-0.39, 0.29) is 18.1 Å². The van der Waals surface area contributed by atoms with Crippen LogP contribution in [0.4, 0.5) is 0 Å². The second-order valence-corrected chi connectivity index (χ2v) is 147. The zero-order valence-corrected chi connectivity index (χ0v) is 101. The van der Waals surface area contributed by atoms with Crippen LogP contribution in [0.1, 0.15) is 96.9 Å². The van der Waals surface area contributed by atoms with Gasteiger partial charge in [0.05, 0.1) is 0 Å². The Labute approximate surface area is 734 Å². The van der Waals surface area contributed by atoms with Gasteiger partial charge in [-0.3, -0.25) is 0 Å². The average Bonchev–Trinajstić information content (AvgIpc) is 0.637. The van der Waals surface area contributed by atoms with Gasteiger partial charge in [-0.25, -0.2) is 0 Å². The molecule has 0 nitrogen and oxygen atoms in total. The van der Waals surface area contributed by atoms with Crippen LogP contribution in [0.25, 0.3) is 0 Å². The molecular weight excluding hydrogens is 1740 g/mol. The topological polar surface area (TPSA) is 0 Å². The van der Waals surface area contributed by atoms with Crippen LogP contribution >= 0.6 is 0 Å². The smallest absolute Gasteiger partial charge is 0.0398 e. The summed E-state index contributed by atoms with van der Waals surface area (Å²) in [5, 5.41) is 2.21. The van der Waals surface area contributed by atoms with Crippen molar-refractivity contribution in [1.29, 1.82) is 0 Å². The van der Waals surface area contributed by atoms with Gasteiger partial charge in [0.2, 0.25) is 0 Å². The molecule has 16 heteroatoms.